The van der Waals surface area contributed by atoms with Gasteiger partial charge in [0.2, 0.25) is 0 Å². The lowest BCUT2D eigenvalue weighted by molar-refractivity contribution is 0.0319. The van der Waals surface area contributed by atoms with Crippen LogP contribution in [0.5, 0.6) is 5.75 Å². The molecule has 0 aliphatic heterocycles. The van der Waals surface area contributed by atoms with Gasteiger partial charge in [-0.3, -0.25) is 0 Å². The van der Waals surface area contributed by atoms with Gasteiger partial charge < -0.3 is 9.47 Å². The smallest absolute Gasteiger partial charge is 0.338 e. The Morgan fingerprint density at radius 3 is 1.77 bits per heavy atom. The fourth-order valence-electron chi connectivity index (χ4n) is 4.31. The molecule has 0 amide bonds. The third-order valence-corrected chi connectivity index (χ3v) is 6.73. The van der Waals surface area contributed by atoms with Gasteiger partial charge in [0, 0.05) is 0 Å². The summed E-state index contributed by atoms with van der Waals surface area (Å²) in [6.07, 6.45) is 11.7. The van der Waals surface area contributed by atoms with E-state index in [1.165, 1.54) is 44.9 Å². The van der Waals surface area contributed by atoms with Crippen molar-refractivity contribution in [2.24, 2.45) is 10.2 Å². The van der Waals surface area contributed by atoms with E-state index in [0.29, 0.717) is 5.56 Å². The molecule has 0 aliphatic rings. The molecule has 5 heteroatoms. The highest BCUT2D eigenvalue weighted by Gasteiger charge is 2.12. The molecule has 1 atom stereocenters. The lowest BCUT2D eigenvalue weighted by Gasteiger charge is -2.13. The predicted molar refractivity (Wildman–Crippen MR) is 160 cm³/mol. The zero-order chi connectivity index (χ0) is 27.7. The summed E-state index contributed by atoms with van der Waals surface area (Å²) < 4.78 is 11.4. The van der Waals surface area contributed by atoms with Crippen molar-refractivity contribution >= 4 is 17.3 Å². The second kappa shape index (κ2) is 17.2. The van der Waals surface area contributed by atoms with Crippen LogP contribution >= 0.6 is 0 Å². The number of nitrogens with zero attached hydrogens (tertiary/aromatic N) is 2. The first-order valence-corrected chi connectivity index (χ1v) is 14.6. The van der Waals surface area contributed by atoms with Crippen LogP contribution in [0.25, 0.3) is 11.1 Å². The zero-order valence-corrected chi connectivity index (χ0v) is 23.9. The largest absolute Gasteiger partial charge is 0.494 e. The maximum Gasteiger partial charge on any atom is 0.338 e. The number of hydrogen-bond acceptors (Lipinski definition) is 5. The minimum absolute atomic E-state index is 0.0629. The molecule has 0 heterocycles. The van der Waals surface area contributed by atoms with Crippen molar-refractivity contribution in [3.8, 4) is 16.9 Å². The highest BCUT2D eigenvalue weighted by Crippen LogP contribution is 2.26. The Morgan fingerprint density at radius 2 is 1.18 bits per heavy atom. The summed E-state index contributed by atoms with van der Waals surface area (Å²) in [6, 6.07) is 23.2. The number of rotatable bonds is 17. The number of unbranched alkanes of at least 4 members (excludes halogenated alkanes) is 7. The molecule has 0 aliphatic carbocycles. The first-order chi connectivity index (χ1) is 19.1. The Hall–Kier alpha value is -3.47. The van der Waals surface area contributed by atoms with Gasteiger partial charge in [0.05, 0.1) is 29.6 Å². The maximum absolute atomic E-state index is 12.5. The van der Waals surface area contributed by atoms with E-state index in [9.17, 15) is 4.79 Å². The number of esters is 1. The van der Waals surface area contributed by atoms with Gasteiger partial charge in [-0.15, -0.1) is 0 Å². The molecule has 0 radical (unpaired) electrons. The van der Waals surface area contributed by atoms with Crippen LogP contribution in [0.4, 0.5) is 11.4 Å². The zero-order valence-electron chi connectivity index (χ0n) is 23.9. The summed E-state index contributed by atoms with van der Waals surface area (Å²) in [5.41, 5.74) is 4.22. The third kappa shape index (κ3) is 11.0. The van der Waals surface area contributed by atoms with Crippen LogP contribution in [-0.4, -0.2) is 18.7 Å². The summed E-state index contributed by atoms with van der Waals surface area (Å²) in [7, 11) is 0. The number of carbonyl (C=O) groups excluding carboxylic acids is 1. The van der Waals surface area contributed by atoms with E-state index in [1.54, 1.807) is 0 Å². The highest BCUT2D eigenvalue weighted by molar-refractivity contribution is 5.90. The third-order valence-electron chi connectivity index (χ3n) is 6.73. The molecule has 3 aromatic rings. The predicted octanol–water partition coefficient (Wildman–Crippen LogP) is 10.6. The lowest BCUT2D eigenvalue weighted by Crippen LogP contribution is -2.15. The number of carbonyl (C=O) groups is 1. The Labute approximate surface area is 234 Å². The van der Waals surface area contributed by atoms with Crippen LogP contribution in [0.3, 0.4) is 0 Å². The highest BCUT2D eigenvalue weighted by atomic mass is 16.5. The molecule has 3 rings (SSSR count). The van der Waals surface area contributed by atoms with Crippen LogP contribution < -0.4 is 4.74 Å². The quantitative estimate of drug-likeness (QED) is 0.0994. The van der Waals surface area contributed by atoms with Crippen molar-refractivity contribution in [2.75, 3.05) is 6.61 Å². The normalized spacial score (nSPS) is 12.0. The lowest BCUT2D eigenvalue weighted by atomic mass is 10.0. The van der Waals surface area contributed by atoms with Crippen molar-refractivity contribution in [2.45, 2.75) is 91.1 Å². The van der Waals surface area contributed by atoms with Gasteiger partial charge in [0.25, 0.3) is 0 Å². The van der Waals surface area contributed by atoms with Gasteiger partial charge in [0.15, 0.2) is 0 Å². The van der Waals surface area contributed by atoms with Gasteiger partial charge in [-0.2, -0.15) is 10.2 Å². The minimum atomic E-state index is -0.262. The molecule has 0 spiro atoms. The van der Waals surface area contributed by atoms with Crippen LogP contribution in [0, 0.1) is 0 Å². The van der Waals surface area contributed by atoms with E-state index >= 15 is 0 Å². The standard InChI is InChI=1S/C34H44N2O3/c1-4-6-8-10-12-26-38-33-24-22-32(23-25-33)36-35-31-20-18-29(19-21-31)28-14-16-30(17-15-28)34(37)39-27(3)13-11-9-7-5-2/h14-25,27H,4-13,26H2,1-3H3/t27-/m0/s1. The fraction of sp³-hybridized carbons (Fsp3) is 0.441. The molecule has 39 heavy (non-hydrogen) atoms. The molecule has 0 fully saturated rings. The number of benzene rings is 3. The van der Waals surface area contributed by atoms with Crippen molar-refractivity contribution in [1.29, 1.82) is 0 Å². The monoisotopic (exact) mass is 528 g/mol. The Bertz CT molecular complexity index is 1120. The Kier molecular flexibility index (Phi) is 13.3. The molecule has 208 valence electrons. The first kappa shape index (κ1) is 30.1. The van der Waals surface area contributed by atoms with Crippen LogP contribution in [-0.2, 0) is 4.74 Å². The average molecular weight is 529 g/mol. The number of ether oxygens (including phenoxy) is 2. The topological polar surface area (TPSA) is 60.2 Å². The van der Waals surface area contributed by atoms with Gasteiger partial charge in [0.1, 0.15) is 5.75 Å². The maximum atomic E-state index is 12.5. The fourth-order valence-corrected chi connectivity index (χ4v) is 4.31. The molecule has 0 bridgehead atoms. The SMILES string of the molecule is CCCCCCCOc1ccc(N=Nc2ccc(-c3ccc(C(=O)O[C@@H](C)CCCCCC)cc3)cc2)cc1. The first-order valence-electron chi connectivity index (χ1n) is 14.6. The summed E-state index contributed by atoms with van der Waals surface area (Å²) >= 11 is 0. The molecule has 0 unspecified atom stereocenters. The van der Waals surface area contributed by atoms with E-state index in [1.807, 2.05) is 79.7 Å². The number of azo groups is 1. The molecular weight excluding hydrogens is 484 g/mol. The Morgan fingerprint density at radius 1 is 0.667 bits per heavy atom. The summed E-state index contributed by atoms with van der Waals surface area (Å²) in [4.78, 5) is 12.5. The summed E-state index contributed by atoms with van der Waals surface area (Å²) in [5, 5.41) is 8.71. The van der Waals surface area contributed by atoms with E-state index in [4.69, 9.17) is 9.47 Å². The van der Waals surface area contributed by atoms with E-state index in [-0.39, 0.29) is 12.1 Å². The second-order valence-corrected chi connectivity index (χ2v) is 10.1. The van der Waals surface area contributed by atoms with Crippen molar-refractivity contribution in [1.82, 2.24) is 0 Å². The minimum Gasteiger partial charge on any atom is -0.494 e. The van der Waals surface area contributed by atoms with Crippen molar-refractivity contribution in [3.63, 3.8) is 0 Å². The molecule has 3 aromatic carbocycles. The van der Waals surface area contributed by atoms with Crippen LogP contribution in [0.1, 0.15) is 95.3 Å². The molecule has 0 aromatic heterocycles. The molecular formula is C34H44N2O3. The average Bonchev–Trinajstić information content (AvgIpc) is 2.97. The van der Waals surface area contributed by atoms with E-state index in [2.05, 4.69) is 24.1 Å². The van der Waals surface area contributed by atoms with Gasteiger partial charge in [-0.05, 0) is 85.8 Å². The van der Waals surface area contributed by atoms with Gasteiger partial charge in [-0.25, -0.2) is 4.79 Å². The second-order valence-electron chi connectivity index (χ2n) is 10.1. The molecule has 0 N–H and O–H groups in total. The molecule has 5 nitrogen and oxygen atoms in total. The van der Waals surface area contributed by atoms with Gasteiger partial charge >= 0.3 is 5.97 Å². The van der Waals surface area contributed by atoms with Crippen molar-refractivity contribution < 1.29 is 14.3 Å². The summed E-state index contributed by atoms with van der Waals surface area (Å²) in [6.45, 7) is 7.14. The van der Waals surface area contributed by atoms with Gasteiger partial charge in [-0.1, -0.05) is 83.1 Å². The van der Waals surface area contributed by atoms with E-state index < -0.39 is 0 Å². The van der Waals surface area contributed by atoms with E-state index in [0.717, 1.165) is 54.1 Å². The van der Waals surface area contributed by atoms with Crippen LogP contribution in [0.2, 0.25) is 0 Å². The Balaban J connectivity index is 1.46. The summed E-state index contributed by atoms with van der Waals surface area (Å²) in [5.74, 6) is 0.604. The molecule has 0 saturated heterocycles. The van der Waals surface area contributed by atoms with Crippen LogP contribution in [0.15, 0.2) is 83.0 Å². The van der Waals surface area contributed by atoms with Crippen molar-refractivity contribution in [3.05, 3.63) is 78.4 Å². The number of hydrogen-bond donors (Lipinski definition) is 0. The molecule has 0 saturated carbocycles.